The molecule has 2 aliphatic carbocycles. The number of amides is 2. The van der Waals surface area contributed by atoms with Gasteiger partial charge in [-0.1, -0.05) is 30.3 Å². The van der Waals surface area contributed by atoms with Gasteiger partial charge in [-0.15, -0.1) is 0 Å². The topological polar surface area (TPSA) is 93.6 Å². The first-order chi connectivity index (χ1) is 19.9. The van der Waals surface area contributed by atoms with Crippen LogP contribution in [-0.4, -0.2) is 35.2 Å². The van der Waals surface area contributed by atoms with Gasteiger partial charge in [-0.05, 0) is 79.6 Å². The van der Waals surface area contributed by atoms with Crippen molar-refractivity contribution in [3.8, 4) is 11.3 Å². The second-order valence-corrected chi connectivity index (χ2v) is 11.0. The van der Waals surface area contributed by atoms with Gasteiger partial charge in [0.05, 0.1) is 34.3 Å². The van der Waals surface area contributed by atoms with Gasteiger partial charge in [0.25, 0.3) is 0 Å². The summed E-state index contributed by atoms with van der Waals surface area (Å²) in [6, 6.07) is 20.8. The highest BCUT2D eigenvalue weighted by Crippen LogP contribution is 2.56. The van der Waals surface area contributed by atoms with Gasteiger partial charge < -0.3 is 4.74 Å². The average Bonchev–Trinajstić information content (AvgIpc) is 3.69. The normalized spacial score (nSPS) is 22.8. The van der Waals surface area contributed by atoms with E-state index in [-0.39, 0.29) is 34.8 Å². The Balaban J connectivity index is 1.19. The van der Waals surface area contributed by atoms with E-state index < -0.39 is 24.2 Å². The number of halogens is 1. The van der Waals surface area contributed by atoms with Crippen LogP contribution in [0, 0.1) is 29.5 Å². The Morgan fingerprint density at radius 1 is 0.878 bits per heavy atom. The van der Waals surface area contributed by atoms with Gasteiger partial charge in [-0.2, -0.15) is 0 Å². The predicted molar refractivity (Wildman–Crippen MR) is 148 cm³/mol. The predicted octanol–water partition coefficient (Wildman–Crippen LogP) is 5.62. The molecule has 1 aromatic heterocycles. The first-order valence-corrected chi connectivity index (χ1v) is 13.7. The number of carbonyl (C=O) groups excluding carboxylic acids is 4. The highest BCUT2D eigenvalue weighted by atomic mass is 19.1. The number of nitrogens with zero attached hydrogens (tertiary/aromatic N) is 2. The standard InChI is InChI=1S/C33H25FN2O5/c34-22-12-10-18(11-13-22)28(37)17-41-33(40)25-16-27(35-26-7-2-1-6-24(25)26)19-4-3-5-23(15-19)36-31(38)29-20-8-9-21(14-20)30(29)32(36)39/h1-7,10-13,15-16,20-21,29-30H,8-9,14,17H2/t20-,21-,29-,30-/m0/s1. The van der Waals surface area contributed by atoms with E-state index in [1.165, 1.54) is 29.2 Å². The zero-order valence-electron chi connectivity index (χ0n) is 22.0. The number of imide groups is 1. The molecule has 1 aliphatic heterocycles. The van der Waals surface area contributed by atoms with Gasteiger partial charge in [-0.25, -0.2) is 14.2 Å². The van der Waals surface area contributed by atoms with Crippen molar-refractivity contribution in [2.24, 2.45) is 23.7 Å². The second kappa shape index (κ2) is 9.73. The molecule has 4 aromatic rings. The Kier molecular flexibility index (Phi) is 5.99. The molecule has 2 heterocycles. The van der Waals surface area contributed by atoms with E-state index in [1.54, 1.807) is 48.5 Å². The average molecular weight is 549 g/mol. The van der Waals surface area contributed by atoms with Crippen molar-refractivity contribution in [2.45, 2.75) is 19.3 Å². The minimum Gasteiger partial charge on any atom is -0.454 e. The Morgan fingerprint density at radius 3 is 2.32 bits per heavy atom. The third-order valence-corrected chi connectivity index (χ3v) is 8.76. The monoisotopic (exact) mass is 548 g/mol. The van der Waals surface area contributed by atoms with Crippen molar-refractivity contribution >= 4 is 40.2 Å². The summed E-state index contributed by atoms with van der Waals surface area (Å²) < 4.78 is 18.6. The number of anilines is 1. The molecule has 41 heavy (non-hydrogen) atoms. The number of rotatable bonds is 6. The largest absolute Gasteiger partial charge is 0.454 e. The lowest BCUT2D eigenvalue weighted by Crippen LogP contribution is -2.32. The Labute approximate surface area is 234 Å². The second-order valence-electron chi connectivity index (χ2n) is 11.0. The summed E-state index contributed by atoms with van der Waals surface area (Å²) in [5, 5.41) is 0.555. The highest BCUT2D eigenvalue weighted by molar-refractivity contribution is 6.22. The van der Waals surface area contributed by atoms with Crippen LogP contribution in [0.3, 0.4) is 0 Å². The van der Waals surface area contributed by atoms with Crippen molar-refractivity contribution in [1.29, 1.82) is 0 Å². The third kappa shape index (κ3) is 4.22. The van der Waals surface area contributed by atoms with E-state index in [2.05, 4.69) is 0 Å². The fourth-order valence-electron chi connectivity index (χ4n) is 6.89. The van der Waals surface area contributed by atoms with Crippen LogP contribution in [0.2, 0.25) is 0 Å². The highest BCUT2D eigenvalue weighted by Gasteiger charge is 2.61. The molecule has 0 spiro atoms. The number of ether oxygens (including phenoxy) is 1. The van der Waals surface area contributed by atoms with E-state index in [0.717, 1.165) is 19.3 Å². The molecule has 4 atom stereocenters. The lowest BCUT2D eigenvalue weighted by molar-refractivity contribution is -0.123. The summed E-state index contributed by atoms with van der Waals surface area (Å²) >= 11 is 0. The number of benzene rings is 3. The van der Waals surface area contributed by atoms with Crippen molar-refractivity contribution < 1.29 is 28.3 Å². The summed E-state index contributed by atoms with van der Waals surface area (Å²) in [4.78, 5) is 58.6. The van der Waals surface area contributed by atoms with E-state index in [4.69, 9.17) is 9.72 Å². The minimum atomic E-state index is -0.704. The molecule has 3 fully saturated rings. The molecular weight excluding hydrogens is 523 g/mol. The fourth-order valence-corrected chi connectivity index (χ4v) is 6.89. The summed E-state index contributed by atoms with van der Waals surface area (Å²) in [6.07, 6.45) is 2.98. The van der Waals surface area contributed by atoms with Crippen molar-refractivity contribution in [3.05, 3.63) is 95.8 Å². The number of hydrogen-bond acceptors (Lipinski definition) is 6. The molecule has 2 saturated carbocycles. The lowest BCUT2D eigenvalue weighted by atomic mass is 9.81. The maximum absolute atomic E-state index is 13.4. The lowest BCUT2D eigenvalue weighted by Gasteiger charge is -2.19. The Bertz CT molecular complexity index is 1720. The van der Waals surface area contributed by atoms with Crippen LogP contribution in [0.1, 0.15) is 40.0 Å². The van der Waals surface area contributed by atoms with Gasteiger partial charge >= 0.3 is 5.97 Å². The molecule has 0 radical (unpaired) electrons. The molecule has 1 saturated heterocycles. The van der Waals surface area contributed by atoms with Crippen LogP contribution in [0.25, 0.3) is 22.2 Å². The number of ketones is 1. The molecule has 7 nitrogen and oxygen atoms in total. The maximum atomic E-state index is 13.4. The zero-order valence-corrected chi connectivity index (χ0v) is 22.0. The van der Waals surface area contributed by atoms with Crippen molar-refractivity contribution in [3.63, 3.8) is 0 Å². The van der Waals surface area contributed by atoms with Gasteiger partial charge in [0.2, 0.25) is 11.8 Å². The molecule has 7 rings (SSSR count). The van der Waals surface area contributed by atoms with E-state index in [0.29, 0.717) is 39.7 Å². The van der Waals surface area contributed by atoms with Crippen LogP contribution in [0.5, 0.6) is 0 Å². The van der Waals surface area contributed by atoms with Crippen LogP contribution in [0.15, 0.2) is 78.9 Å². The van der Waals surface area contributed by atoms with E-state index in [9.17, 15) is 23.6 Å². The van der Waals surface area contributed by atoms with E-state index >= 15 is 0 Å². The molecule has 3 aromatic carbocycles. The van der Waals surface area contributed by atoms with Crippen LogP contribution in [0.4, 0.5) is 10.1 Å². The van der Waals surface area contributed by atoms with Crippen LogP contribution < -0.4 is 4.90 Å². The zero-order chi connectivity index (χ0) is 28.2. The minimum absolute atomic E-state index is 0.120. The fraction of sp³-hybridized carbons (Fsp3) is 0.242. The number of esters is 1. The van der Waals surface area contributed by atoms with Crippen LogP contribution >= 0.6 is 0 Å². The van der Waals surface area contributed by atoms with E-state index in [1.807, 2.05) is 6.07 Å². The molecule has 3 aliphatic rings. The number of pyridine rings is 1. The van der Waals surface area contributed by atoms with Crippen molar-refractivity contribution in [1.82, 2.24) is 4.98 Å². The molecule has 8 heteroatoms. The third-order valence-electron chi connectivity index (χ3n) is 8.76. The Hall–Kier alpha value is -4.72. The van der Waals surface area contributed by atoms with Crippen molar-refractivity contribution in [2.75, 3.05) is 11.5 Å². The molecule has 2 bridgehead atoms. The first-order valence-electron chi connectivity index (χ1n) is 13.7. The smallest absolute Gasteiger partial charge is 0.339 e. The first kappa shape index (κ1) is 25.3. The quantitative estimate of drug-likeness (QED) is 0.177. The maximum Gasteiger partial charge on any atom is 0.339 e. The summed E-state index contributed by atoms with van der Waals surface area (Å²) in [6.45, 7) is -0.505. The van der Waals surface area contributed by atoms with Gasteiger partial charge in [-0.3, -0.25) is 19.3 Å². The summed E-state index contributed by atoms with van der Waals surface area (Å²) in [7, 11) is 0. The Morgan fingerprint density at radius 2 is 1.59 bits per heavy atom. The number of hydrogen-bond donors (Lipinski definition) is 0. The molecule has 0 unspecified atom stereocenters. The number of aromatic nitrogens is 1. The summed E-state index contributed by atoms with van der Waals surface area (Å²) in [5.74, 6) is -1.72. The molecular formula is C33H25FN2O5. The van der Waals surface area contributed by atoms with Gasteiger partial charge in [0, 0.05) is 16.5 Å². The molecule has 204 valence electrons. The molecule has 2 amide bonds. The number of para-hydroxylation sites is 1. The van der Waals surface area contributed by atoms with Gasteiger partial charge in [0.15, 0.2) is 12.4 Å². The SMILES string of the molecule is O=C(COC(=O)c1cc(-c2cccc(N3C(=O)[C@H]4[C@H]5CC[C@@H](C5)[C@@H]4C3=O)c2)nc2ccccc12)c1ccc(F)cc1. The van der Waals surface area contributed by atoms with Crippen LogP contribution in [-0.2, 0) is 14.3 Å². The summed E-state index contributed by atoms with van der Waals surface area (Å²) in [5.41, 5.74) is 2.59. The number of Topliss-reactive ketones (excluding diaryl/α,β-unsaturated/α-hetero) is 1. The number of fused-ring (bicyclic) bond motifs is 6. The molecule has 0 N–H and O–H groups in total. The number of carbonyl (C=O) groups is 4. The van der Waals surface area contributed by atoms with Gasteiger partial charge in [0.1, 0.15) is 5.82 Å².